The molecule has 0 unspecified atom stereocenters. The number of amides is 2. The van der Waals surface area contributed by atoms with Crippen LogP contribution in [0.5, 0.6) is 5.75 Å². The van der Waals surface area contributed by atoms with Gasteiger partial charge in [0.2, 0.25) is 10.0 Å². The van der Waals surface area contributed by atoms with E-state index in [9.17, 15) is 26.4 Å². The van der Waals surface area contributed by atoms with E-state index in [-0.39, 0.29) is 18.0 Å². The van der Waals surface area contributed by atoms with E-state index in [1.807, 2.05) is 0 Å². The lowest BCUT2D eigenvalue weighted by atomic mass is 10.1. The molecule has 1 aromatic rings. The predicted octanol–water partition coefficient (Wildman–Crippen LogP) is 2.26. The van der Waals surface area contributed by atoms with Crippen LogP contribution < -0.4 is 14.8 Å². The van der Waals surface area contributed by atoms with Gasteiger partial charge in [0, 0.05) is 19.1 Å². The molecule has 146 valence electrons. The Balaban J connectivity index is 2.14. The number of nitrogens with zero attached hydrogens (tertiary/aromatic N) is 1. The molecule has 1 fully saturated rings. The van der Waals surface area contributed by atoms with Crippen LogP contribution in [-0.4, -0.2) is 51.8 Å². The monoisotopic (exact) mass is 395 g/mol. The predicted molar refractivity (Wildman–Crippen MR) is 89.6 cm³/mol. The van der Waals surface area contributed by atoms with Gasteiger partial charge >= 0.3 is 12.2 Å². The Kier molecular flexibility index (Phi) is 6.02. The topological polar surface area (TPSA) is 87.7 Å². The summed E-state index contributed by atoms with van der Waals surface area (Å²) in [4.78, 5) is 13.6. The number of sulfonamides is 1. The van der Waals surface area contributed by atoms with Gasteiger partial charge in [-0.15, -0.1) is 0 Å². The second kappa shape index (κ2) is 7.70. The highest BCUT2D eigenvalue weighted by Gasteiger charge is 2.35. The molecular formula is C15H20F3N3O4S. The highest BCUT2D eigenvalue weighted by atomic mass is 32.2. The first-order valence-corrected chi connectivity index (χ1v) is 9.67. The van der Waals surface area contributed by atoms with Crippen molar-refractivity contribution in [1.29, 1.82) is 0 Å². The minimum Gasteiger partial charge on any atom is -0.497 e. The number of piperidine rings is 1. The summed E-state index contributed by atoms with van der Waals surface area (Å²) in [7, 11) is -2.19. The number of benzene rings is 1. The largest absolute Gasteiger partial charge is 0.497 e. The number of halogens is 3. The van der Waals surface area contributed by atoms with Gasteiger partial charge in [-0.3, -0.25) is 0 Å². The van der Waals surface area contributed by atoms with Crippen molar-refractivity contribution in [3.8, 4) is 5.75 Å². The molecule has 11 heteroatoms. The van der Waals surface area contributed by atoms with Gasteiger partial charge in [0.1, 0.15) is 5.75 Å². The van der Waals surface area contributed by atoms with Crippen molar-refractivity contribution in [1.82, 2.24) is 9.62 Å². The van der Waals surface area contributed by atoms with Gasteiger partial charge in [0.25, 0.3) is 0 Å². The van der Waals surface area contributed by atoms with Crippen molar-refractivity contribution in [3.05, 3.63) is 23.8 Å². The summed E-state index contributed by atoms with van der Waals surface area (Å²) in [5.41, 5.74) is -1.41. The smallest absolute Gasteiger partial charge is 0.418 e. The standard InChI is InChI=1S/C15H20F3N3O4S/c1-25-11-5-6-13(12(8-11)15(16,17)18)19-14(22)21-7-3-4-10(9-21)20-26(2,23)24/h5-6,8,10,20H,3-4,7,9H2,1-2H3,(H,19,22)/t10-/m0/s1. The molecule has 1 heterocycles. The quantitative estimate of drug-likeness (QED) is 0.819. The number of carbonyl (C=O) groups excluding carboxylic acids is 1. The molecule has 0 aliphatic carbocycles. The molecular weight excluding hydrogens is 375 g/mol. The van der Waals surface area contributed by atoms with E-state index >= 15 is 0 Å². The van der Waals surface area contributed by atoms with E-state index in [4.69, 9.17) is 4.74 Å². The van der Waals surface area contributed by atoms with Crippen LogP contribution in [0.4, 0.5) is 23.7 Å². The maximum absolute atomic E-state index is 13.2. The van der Waals surface area contributed by atoms with Crippen molar-refractivity contribution in [2.75, 3.05) is 31.8 Å². The van der Waals surface area contributed by atoms with Gasteiger partial charge in [0.15, 0.2) is 0 Å². The van der Waals surface area contributed by atoms with Crippen molar-refractivity contribution >= 4 is 21.7 Å². The number of likely N-dealkylation sites (tertiary alicyclic amines) is 1. The van der Waals surface area contributed by atoms with Gasteiger partial charge in [-0.2, -0.15) is 13.2 Å². The van der Waals surface area contributed by atoms with Gasteiger partial charge in [-0.25, -0.2) is 17.9 Å². The lowest BCUT2D eigenvalue weighted by molar-refractivity contribution is -0.137. The summed E-state index contributed by atoms with van der Waals surface area (Å²) in [5, 5.41) is 2.26. The average molecular weight is 395 g/mol. The van der Waals surface area contributed by atoms with Gasteiger partial charge in [-0.05, 0) is 31.0 Å². The van der Waals surface area contributed by atoms with Crippen LogP contribution in [0.25, 0.3) is 0 Å². The molecule has 0 aromatic heterocycles. The summed E-state index contributed by atoms with van der Waals surface area (Å²) >= 11 is 0. The number of hydrogen-bond donors (Lipinski definition) is 2. The molecule has 1 aliphatic heterocycles. The molecule has 0 radical (unpaired) electrons. The van der Waals surface area contributed by atoms with Crippen LogP contribution in [-0.2, 0) is 16.2 Å². The van der Waals surface area contributed by atoms with Crippen molar-refractivity contribution in [3.63, 3.8) is 0 Å². The lowest BCUT2D eigenvalue weighted by Crippen LogP contribution is -2.50. The molecule has 1 aliphatic rings. The molecule has 0 bridgehead atoms. The summed E-state index contributed by atoms with van der Waals surface area (Å²) < 4.78 is 69.5. The summed E-state index contributed by atoms with van der Waals surface area (Å²) in [6.07, 6.45) is -2.57. The Hall–Kier alpha value is -2.01. The number of methoxy groups -OCH3 is 1. The number of ether oxygens (including phenoxy) is 1. The average Bonchev–Trinajstić information content (AvgIpc) is 2.52. The third kappa shape index (κ3) is 5.49. The first kappa shape index (κ1) is 20.3. The van der Waals surface area contributed by atoms with Gasteiger partial charge in [-0.1, -0.05) is 0 Å². The van der Waals surface area contributed by atoms with Crippen LogP contribution >= 0.6 is 0 Å². The molecule has 1 atom stereocenters. The zero-order valence-corrected chi connectivity index (χ0v) is 15.1. The van der Waals surface area contributed by atoms with E-state index in [0.29, 0.717) is 19.4 Å². The lowest BCUT2D eigenvalue weighted by Gasteiger charge is -2.33. The van der Waals surface area contributed by atoms with E-state index in [0.717, 1.165) is 18.4 Å². The number of alkyl halides is 3. The fourth-order valence-corrected chi connectivity index (χ4v) is 3.55. The number of hydrogen-bond acceptors (Lipinski definition) is 4. The Labute approximate surface area is 149 Å². The minimum atomic E-state index is -4.67. The van der Waals surface area contributed by atoms with Crippen LogP contribution in [0.3, 0.4) is 0 Å². The second-order valence-electron chi connectivity index (χ2n) is 6.01. The summed E-state index contributed by atoms with van der Waals surface area (Å²) in [6, 6.07) is 2.05. The number of rotatable bonds is 4. The van der Waals surface area contributed by atoms with Gasteiger partial charge < -0.3 is 15.0 Å². The van der Waals surface area contributed by atoms with Crippen molar-refractivity contribution in [2.24, 2.45) is 0 Å². The van der Waals surface area contributed by atoms with Crippen molar-refractivity contribution < 1.29 is 31.1 Å². The number of carbonyl (C=O) groups is 1. The van der Waals surface area contributed by atoms with Crippen LogP contribution in [0.15, 0.2) is 18.2 Å². The fraction of sp³-hybridized carbons (Fsp3) is 0.533. The van der Waals surface area contributed by atoms with E-state index in [1.165, 1.54) is 18.1 Å². The van der Waals surface area contributed by atoms with E-state index in [1.54, 1.807) is 0 Å². The van der Waals surface area contributed by atoms with E-state index < -0.39 is 33.8 Å². The molecule has 2 rings (SSSR count). The van der Waals surface area contributed by atoms with Gasteiger partial charge in [0.05, 0.1) is 24.6 Å². The minimum absolute atomic E-state index is 0.0192. The SMILES string of the molecule is COc1ccc(NC(=O)N2CCC[C@H](NS(C)(=O)=O)C2)c(C(F)(F)F)c1. The highest BCUT2D eigenvalue weighted by molar-refractivity contribution is 7.88. The van der Waals surface area contributed by atoms with Crippen molar-refractivity contribution in [2.45, 2.75) is 25.1 Å². The molecule has 7 nitrogen and oxygen atoms in total. The number of nitrogens with one attached hydrogen (secondary N) is 2. The molecule has 0 saturated carbocycles. The third-order valence-corrected chi connectivity index (χ3v) is 4.62. The molecule has 26 heavy (non-hydrogen) atoms. The molecule has 2 N–H and O–H groups in total. The second-order valence-corrected chi connectivity index (χ2v) is 7.79. The summed E-state index contributed by atoms with van der Waals surface area (Å²) in [5.74, 6) is 0.0192. The zero-order chi connectivity index (χ0) is 19.5. The third-order valence-electron chi connectivity index (χ3n) is 3.86. The zero-order valence-electron chi connectivity index (χ0n) is 14.3. The van der Waals surface area contributed by atoms with Crippen LogP contribution in [0, 0.1) is 0 Å². The molecule has 1 saturated heterocycles. The fourth-order valence-electron chi connectivity index (χ4n) is 2.75. The Morgan fingerprint density at radius 2 is 2.04 bits per heavy atom. The Bertz CT molecular complexity index is 768. The molecule has 0 spiro atoms. The number of urea groups is 1. The maximum atomic E-state index is 13.2. The highest BCUT2D eigenvalue weighted by Crippen LogP contribution is 2.37. The molecule has 2 amide bonds. The normalized spacial score (nSPS) is 18.5. The van der Waals surface area contributed by atoms with Crippen LogP contribution in [0.2, 0.25) is 0 Å². The van der Waals surface area contributed by atoms with E-state index in [2.05, 4.69) is 10.0 Å². The maximum Gasteiger partial charge on any atom is 0.418 e. The first-order valence-electron chi connectivity index (χ1n) is 7.78. The Morgan fingerprint density at radius 1 is 1.35 bits per heavy atom. The molecule has 1 aromatic carbocycles. The first-order chi connectivity index (χ1) is 12.0. The number of anilines is 1. The Morgan fingerprint density at radius 3 is 2.62 bits per heavy atom. The summed E-state index contributed by atoms with van der Waals surface area (Å²) in [6.45, 7) is 0.404. The van der Waals surface area contributed by atoms with Crippen LogP contribution in [0.1, 0.15) is 18.4 Å².